The third-order valence-electron chi connectivity index (χ3n) is 4.29. The molecule has 27 heavy (non-hydrogen) atoms. The van der Waals surface area contributed by atoms with E-state index in [9.17, 15) is 24.4 Å². The molecule has 0 fully saturated rings. The molecule has 0 atom stereocenters. The van der Waals surface area contributed by atoms with Crippen molar-refractivity contribution in [1.82, 2.24) is 19.3 Å². The van der Waals surface area contributed by atoms with E-state index in [1.807, 2.05) is 13.8 Å². The van der Waals surface area contributed by atoms with E-state index in [-0.39, 0.29) is 22.6 Å². The summed E-state index contributed by atoms with van der Waals surface area (Å²) < 4.78 is 16.4. The molecule has 0 amide bonds. The molecule has 3 heterocycles. The molecule has 0 bridgehead atoms. The van der Waals surface area contributed by atoms with Crippen LogP contribution in [0.1, 0.15) is 31.2 Å². The van der Waals surface area contributed by atoms with E-state index in [0.717, 1.165) is 10.6 Å². The summed E-state index contributed by atoms with van der Waals surface area (Å²) in [6.45, 7) is 5.36. The van der Waals surface area contributed by atoms with Gasteiger partial charge in [-0.15, -0.1) is 0 Å². The topological polar surface area (TPSA) is 116 Å². The van der Waals surface area contributed by atoms with Gasteiger partial charge in [-0.3, -0.25) is 24.2 Å². The molecule has 11 heteroatoms. The maximum atomic E-state index is 13.9. The van der Waals surface area contributed by atoms with Crippen molar-refractivity contribution in [2.45, 2.75) is 26.7 Å². The lowest BCUT2D eigenvalue weighted by Gasteiger charge is -2.13. The second-order valence-electron chi connectivity index (χ2n) is 6.32. The molecular formula is C16H15ClFN5O4. The van der Waals surface area contributed by atoms with Crippen LogP contribution in [0, 0.1) is 22.9 Å². The van der Waals surface area contributed by atoms with Gasteiger partial charge in [-0.2, -0.15) is 5.10 Å². The zero-order chi connectivity index (χ0) is 20.2. The van der Waals surface area contributed by atoms with Gasteiger partial charge in [-0.05, 0) is 18.9 Å². The average Bonchev–Trinajstić information content (AvgIpc) is 2.86. The molecule has 0 aromatic carbocycles. The molecule has 0 aliphatic carbocycles. The molecule has 142 valence electrons. The van der Waals surface area contributed by atoms with E-state index in [0.29, 0.717) is 11.4 Å². The van der Waals surface area contributed by atoms with E-state index in [1.54, 1.807) is 14.0 Å². The lowest BCUT2D eigenvalue weighted by atomic mass is 10.1. The smallest absolute Gasteiger partial charge is 0.376 e. The van der Waals surface area contributed by atoms with Crippen LogP contribution >= 0.6 is 11.6 Å². The Kier molecular flexibility index (Phi) is 4.38. The number of pyridine rings is 2. The molecule has 0 saturated heterocycles. The first-order valence-corrected chi connectivity index (χ1v) is 8.26. The average molecular weight is 396 g/mol. The Morgan fingerprint density at radius 1 is 1.41 bits per heavy atom. The van der Waals surface area contributed by atoms with Crippen LogP contribution in [0.4, 0.5) is 10.1 Å². The molecule has 0 aliphatic heterocycles. The zero-order valence-corrected chi connectivity index (χ0v) is 15.6. The minimum absolute atomic E-state index is 0.134. The number of aromatic hydroxyl groups is 1. The standard InChI is InChI=1S/C16H15ClFN5O4/c1-6(2)10-11(7(3)21(4)20-10)22-15-8(5-9(18)14(17)19-15)13(24)12(16(22)25)23(26)27/h5-6,24H,1-4H3. The van der Waals surface area contributed by atoms with Gasteiger partial charge >= 0.3 is 11.2 Å². The monoisotopic (exact) mass is 395 g/mol. The third-order valence-corrected chi connectivity index (χ3v) is 4.56. The molecule has 3 rings (SSSR count). The van der Waals surface area contributed by atoms with Crippen LogP contribution in [0.2, 0.25) is 5.15 Å². The van der Waals surface area contributed by atoms with Crippen molar-refractivity contribution in [3.63, 3.8) is 0 Å². The van der Waals surface area contributed by atoms with Crippen LogP contribution in [0.5, 0.6) is 5.75 Å². The second kappa shape index (κ2) is 6.31. The van der Waals surface area contributed by atoms with Crippen molar-refractivity contribution < 1.29 is 14.4 Å². The van der Waals surface area contributed by atoms with Crippen molar-refractivity contribution in [3.05, 3.63) is 48.9 Å². The first-order valence-electron chi connectivity index (χ1n) is 7.88. The molecule has 0 unspecified atom stereocenters. The number of hydrogen-bond acceptors (Lipinski definition) is 6. The quantitative estimate of drug-likeness (QED) is 0.414. The number of rotatable bonds is 3. The fourth-order valence-corrected chi connectivity index (χ4v) is 3.03. The van der Waals surface area contributed by atoms with Crippen LogP contribution < -0.4 is 5.56 Å². The van der Waals surface area contributed by atoms with Gasteiger partial charge in [0.15, 0.2) is 16.6 Å². The molecular weight excluding hydrogens is 381 g/mol. The van der Waals surface area contributed by atoms with Gasteiger partial charge in [0.1, 0.15) is 0 Å². The Morgan fingerprint density at radius 2 is 2.04 bits per heavy atom. The van der Waals surface area contributed by atoms with Gasteiger partial charge in [-0.25, -0.2) is 9.37 Å². The zero-order valence-electron chi connectivity index (χ0n) is 14.8. The molecule has 1 N–H and O–H groups in total. The summed E-state index contributed by atoms with van der Waals surface area (Å²) in [5.41, 5.74) is -1.10. The maximum absolute atomic E-state index is 13.9. The van der Waals surface area contributed by atoms with E-state index in [4.69, 9.17) is 11.6 Å². The molecule has 3 aromatic heterocycles. The fraction of sp³-hybridized carbons (Fsp3) is 0.312. The van der Waals surface area contributed by atoms with Crippen molar-refractivity contribution in [1.29, 1.82) is 0 Å². The highest BCUT2D eigenvalue weighted by atomic mass is 35.5. The van der Waals surface area contributed by atoms with Gasteiger partial charge < -0.3 is 5.11 Å². The summed E-state index contributed by atoms with van der Waals surface area (Å²) in [6, 6.07) is 0.809. The van der Waals surface area contributed by atoms with Crippen LogP contribution in [-0.4, -0.2) is 29.4 Å². The van der Waals surface area contributed by atoms with Gasteiger partial charge in [0.2, 0.25) is 5.75 Å². The van der Waals surface area contributed by atoms with E-state index < -0.39 is 32.9 Å². The Labute approximate surface area is 156 Å². The van der Waals surface area contributed by atoms with Crippen molar-refractivity contribution in [2.24, 2.45) is 7.05 Å². The minimum Gasteiger partial charge on any atom is -0.501 e. The predicted molar refractivity (Wildman–Crippen MR) is 96.2 cm³/mol. The number of halogens is 2. The number of aryl methyl sites for hydroxylation is 1. The van der Waals surface area contributed by atoms with E-state index >= 15 is 0 Å². The Hall–Kier alpha value is -3.01. The van der Waals surface area contributed by atoms with Crippen LogP contribution in [-0.2, 0) is 7.05 Å². The summed E-state index contributed by atoms with van der Waals surface area (Å²) in [5.74, 6) is -2.08. The molecule has 9 nitrogen and oxygen atoms in total. The summed E-state index contributed by atoms with van der Waals surface area (Å²) >= 11 is 5.76. The molecule has 0 saturated carbocycles. The number of fused-ring (bicyclic) bond motifs is 1. The summed E-state index contributed by atoms with van der Waals surface area (Å²) in [7, 11) is 1.66. The van der Waals surface area contributed by atoms with Crippen molar-refractivity contribution in [3.8, 4) is 11.4 Å². The molecule has 3 aromatic rings. The highest BCUT2D eigenvalue weighted by molar-refractivity contribution is 6.30. The number of hydrogen-bond donors (Lipinski definition) is 1. The number of aromatic nitrogens is 4. The first-order chi connectivity index (χ1) is 12.6. The van der Waals surface area contributed by atoms with E-state index in [2.05, 4.69) is 10.1 Å². The molecule has 0 spiro atoms. The Morgan fingerprint density at radius 3 is 2.59 bits per heavy atom. The molecule has 0 aliphatic rings. The first kappa shape index (κ1) is 18.8. The summed E-state index contributed by atoms with van der Waals surface area (Å²) in [4.78, 5) is 27.2. The van der Waals surface area contributed by atoms with Gasteiger partial charge in [0, 0.05) is 7.05 Å². The normalized spacial score (nSPS) is 11.5. The SMILES string of the molecule is Cc1c(-n2c(=O)c([N+](=O)[O-])c(O)c3cc(F)c(Cl)nc32)c(C(C)C)nn1C. The fourth-order valence-electron chi connectivity index (χ4n) is 2.89. The Balaban J connectivity index is 2.64. The minimum atomic E-state index is -1.11. The highest BCUT2D eigenvalue weighted by Crippen LogP contribution is 2.35. The number of nitro groups is 1. The summed E-state index contributed by atoms with van der Waals surface area (Å²) in [5, 5.41) is 25.1. The van der Waals surface area contributed by atoms with Gasteiger partial charge in [0.05, 0.1) is 27.4 Å². The van der Waals surface area contributed by atoms with Crippen molar-refractivity contribution >= 4 is 28.3 Å². The maximum Gasteiger partial charge on any atom is 0.376 e. The molecule has 0 radical (unpaired) electrons. The largest absolute Gasteiger partial charge is 0.501 e. The highest BCUT2D eigenvalue weighted by Gasteiger charge is 2.31. The van der Waals surface area contributed by atoms with Crippen LogP contribution in [0.15, 0.2) is 10.9 Å². The van der Waals surface area contributed by atoms with Gasteiger partial charge in [-0.1, -0.05) is 25.4 Å². The Bertz CT molecular complexity index is 1170. The number of nitrogens with zero attached hydrogens (tertiary/aromatic N) is 5. The lowest BCUT2D eigenvalue weighted by molar-refractivity contribution is -0.387. The third kappa shape index (κ3) is 2.72. The van der Waals surface area contributed by atoms with Crippen LogP contribution in [0.3, 0.4) is 0 Å². The second-order valence-corrected chi connectivity index (χ2v) is 6.68. The van der Waals surface area contributed by atoms with Gasteiger partial charge in [0.25, 0.3) is 0 Å². The van der Waals surface area contributed by atoms with Crippen LogP contribution in [0.25, 0.3) is 16.7 Å². The summed E-state index contributed by atoms with van der Waals surface area (Å²) in [6.07, 6.45) is 0. The van der Waals surface area contributed by atoms with E-state index in [1.165, 1.54) is 4.68 Å². The van der Waals surface area contributed by atoms with Crippen molar-refractivity contribution in [2.75, 3.05) is 0 Å². The lowest BCUT2D eigenvalue weighted by Crippen LogP contribution is -2.24. The predicted octanol–water partition coefficient (Wildman–Crippen LogP) is 2.96.